The van der Waals surface area contributed by atoms with E-state index in [4.69, 9.17) is 28.2 Å². The molecule has 0 unspecified atom stereocenters. The van der Waals surface area contributed by atoms with Gasteiger partial charge in [0, 0.05) is 11.3 Å². The Kier molecular flexibility index (Phi) is 6.33. The molecule has 0 fully saturated rings. The summed E-state index contributed by atoms with van der Waals surface area (Å²) in [7, 11) is 0. The van der Waals surface area contributed by atoms with E-state index >= 15 is 0 Å². The molecule has 156 valence electrons. The lowest BCUT2D eigenvalue weighted by Crippen LogP contribution is -2.43. The van der Waals surface area contributed by atoms with Crippen LogP contribution >= 0.6 is 23.8 Å². The van der Waals surface area contributed by atoms with Gasteiger partial charge in [0.2, 0.25) is 0 Å². The zero-order chi connectivity index (χ0) is 21.9. The lowest BCUT2D eigenvalue weighted by atomic mass is 10.1. The van der Waals surface area contributed by atoms with Crippen LogP contribution in [0.2, 0.25) is 5.02 Å². The lowest BCUT2D eigenvalue weighted by Gasteiger charge is -2.11. The fourth-order valence-electron chi connectivity index (χ4n) is 2.49. The number of anilines is 1. The van der Waals surface area contributed by atoms with Crippen molar-refractivity contribution in [1.29, 1.82) is 0 Å². The number of carbonyl (C=O) groups excluding carboxylic acids is 1. The van der Waals surface area contributed by atoms with E-state index in [-0.39, 0.29) is 22.2 Å². The van der Waals surface area contributed by atoms with Crippen molar-refractivity contribution >= 4 is 40.5 Å². The average molecular weight is 454 g/mol. The predicted molar refractivity (Wildman–Crippen MR) is 112 cm³/mol. The molecule has 3 aromatic rings. The van der Waals surface area contributed by atoms with Crippen molar-refractivity contribution < 1.29 is 22.4 Å². The average Bonchev–Trinajstić information content (AvgIpc) is 3.18. The minimum Gasteiger partial charge on any atom is -0.451 e. The number of thiocarbonyl (C=S) groups is 1. The van der Waals surface area contributed by atoms with Gasteiger partial charge in [-0.3, -0.25) is 15.6 Å². The number of hydrogen-bond acceptors (Lipinski definition) is 3. The van der Waals surface area contributed by atoms with Crippen LogP contribution in [-0.4, -0.2) is 11.0 Å². The summed E-state index contributed by atoms with van der Waals surface area (Å²) in [5.74, 6) is -0.680. The summed E-state index contributed by atoms with van der Waals surface area (Å²) in [5.41, 5.74) is 5.84. The van der Waals surface area contributed by atoms with Crippen LogP contribution in [0, 0.1) is 6.92 Å². The number of hydrazine groups is 1. The summed E-state index contributed by atoms with van der Waals surface area (Å²) in [5, 5.41) is 2.61. The van der Waals surface area contributed by atoms with E-state index in [0.717, 1.165) is 23.4 Å². The maximum atomic E-state index is 13.0. The first-order chi connectivity index (χ1) is 14.1. The van der Waals surface area contributed by atoms with Crippen LogP contribution in [0.5, 0.6) is 0 Å². The maximum absolute atomic E-state index is 13.0. The van der Waals surface area contributed by atoms with Crippen LogP contribution in [0.1, 0.15) is 21.7 Å². The SMILES string of the molecule is Cc1ccc(NC(=S)NNC(=O)c2ccc(-c3ccc(Cl)c(C(F)(F)F)c3)o2)cc1. The van der Waals surface area contributed by atoms with Gasteiger partial charge in [-0.05, 0) is 61.6 Å². The number of aryl methyl sites for hydroxylation is 1. The molecule has 2 aromatic carbocycles. The number of halogens is 4. The van der Waals surface area contributed by atoms with Gasteiger partial charge in [-0.25, -0.2) is 0 Å². The van der Waals surface area contributed by atoms with E-state index in [0.29, 0.717) is 0 Å². The van der Waals surface area contributed by atoms with E-state index < -0.39 is 22.7 Å². The molecule has 0 aliphatic rings. The molecule has 3 N–H and O–H groups in total. The molecule has 1 heterocycles. The van der Waals surface area contributed by atoms with Gasteiger partial charge in [0.05, 0.1) is 10.6 Å². The first-order valence-corrected chi connectivity index (χ1v) is 9.33. The molecule has 0 radical (unpaired) electrons. The molecule has 5 nitrogen and oxygen atoms in total. The number of amides is 1. The van der Waals surface area contributed by atoms with E-state index in [2.05, 4.69) is 16.2 Å². The standard InChI is InChI=1S/C20H15ClF3N3O2S/c1-11-2-5-13(6-3-11)25-19(30)27-26-18(28)17-9-8-16(29-17)12-4-7-15(21)14(10-12)20(22,23)24/h2-10H,1H3,(H,26,28)(H2,25,27,30). The van der Waals surface area contributed by atoms with Crippen molar-refractivity contribution in [3.8, 4) is 11.3 Å². The molecular weight excluding hydrogens is 439 g/mol. The Hall–Kier alpha value is -3.04. The molecule has 10 heteroatoms. The van der Waals surface area contributed by atoms with Crippen LogP contribution in [0.4, 0.5) is 18.9 Å². The molecule has 0 saturated heterocycles. The number of hydrogen-bond donors (Lipinski definition) is 3. The molecule has 1 aromatic heterocycles. The lowest BCUT2D eigenvalue weighted by molar-refractivity contribution is -0.137. The Bertz CT molecular complexity index is 1080. The van der Waals surface area contributed by atoms with Gasteiger partial charge in [-0.1, -0.05) is 29.3 Å². The number of benzene rings is 2. The van der Waals surface area contributed by atoms with Crippen LogP contribution in [0.3, 0.4) is 0 Å². The highest BCUT2D eigenvalue weighted by Crippen LogP contribution is 2.37. The normalized spacial score (nSPS) is 11.1. The molecule has 0 atom stereocenters. The van der Waals surface area contributed by atoms with Gasteiger partial charge in [-0.2, -0.15) is 13.2 Å². The van der Waals surface area contributed by atoms with Gasteiger partial charge in [0.1, 0.15) is 5.76 Å². The molecule has 1 amide bonds. The zero-order valence-corrected chi connectivity index (χ0v) is 17.0. The van der Waals surface area contributed by atoms with Crippen molar-refractivity contribution in [3.63, 3.8) is 0 Å². The highest BCUT2D eigenvalue weighted by Gasteiger charge is 2.33. The first kappa shape index (κ1) is 21.7. The Morgan fingerprint density at radius 3 is 2.40 bits per heavy atom. The van der Waals surface area contributed by atoms with Crippen molar-refractivity contribution in [1.82, 2.24) is 10.9 Å². The van der Waals surface area contributed by atoms with Gasteiger partial charge in [-0.15, -0.1) is 0 Å². The zero-order valence-electron chi connectivity index (χ0n) is 15.4. The van der Waals surface area contributed by atoms with Gasteiger partial charge in [0.25, 0.3) is 0 Å². The monoisotopic (exact) mass is 453 g/mol. The van der Waals surface area contributed by atoms with E-state index in [1.165, 1.54) is 18.2 Å². The number of carbonyl (C=O) groups is 1. The van der Waals surface area contributed by atoms with Crippen LogP contribution in [0.25, 0.3) is 11.3 Å². The molecule has 0 bridgehead atoms. The summed E-state index contributed by atoms with van der Waals surface area (Å²) in [6, 6.07) is 13.5. The van der Waals surface area contributed by atoms with Gasteiger partial charge < -0.3 is 9.73 Å². The smallest absolute Gasteiger partial charge is 0.417 e. The number of rotatable bonds is 3. The summed E-state index contributed by atoms with van der Waals surface area (Å²) in [6.07, 6.45) is -4.61. The summed E-state index contributed by atoms with van der Waals surface area (Å²) in [6.45, 7) is 1.95. The van der Waals surface area contributed by atoms with E-state index in [1.807, 2.05) is 31.2 Å². The van der Waals surface area contributed by atoms with Crippen molar-refractivity contribution in [2.24, 2.45) is 0 Å². The van der Waals surface area contributed by atoms with E-state index in [1.54, 1.807) is 0 Å². The Balaban J connectivity index is 1.64. The number of alkyl halides is 3. The third-order valence-electron chi connectivity index (χ3n) is 3.99. The second-order valence-corrected chi connectivity index (χ2v) is 7.07. The third-order valence-corrected chi connectivity index (χ3v) is 4.52. The Morgan fingerprint density at radius 1 is 1.03 bits per heavy atom. The second-order valence-electron chi connectivity index (χ2n) is 6.26. The molecule has 0 spiro atoms. The molecule has 0 aliphatic carbocycles. The van der Waals surface area contributed by atoms with Crippen molar-refractivity contribution in [3.05, 3.63) is 76.5 Å². The minimum absolute atomic E-state index is 0.0858. The molecular formula is C20H15ClF3N3O2S. The quantitative estimate of drug-likeness (QED) is 0.358. The fourth-order valence-corrected chi connectivity index (χ4v) is 2.88. The molecule has 3 rings (SSSR count). The maximum Gasteiger partial charge on any atom is 0.417 e. The number of nitrogens with one attached hydrogen (secondary N) is 3. The van der Waals surface area contributed by atoms with E-state index in [9.17, 15) is 18.0 Å². The Labute approximate surface area is 180 Å². The second kappa shape index (κ2) is 8.76. The van der Waals surface area contributed by atoms with Gasteiger partial charge >= 0.3 is 12.1 Å². The molecule has 0 aliphatic heterocycles. The largest absolute Gasteiger partial charge is 0.451 e. The predicted octanol–water partition coefficient (Wildman–Crippen LogP) is 5.56. The van der Waals surface area contributed by atoms with Crippen molar-refractivity contribution in [2.45, 2.75) is 13.1 Å². The summed E-state index contributed by atoms with van der Waals surface area (Å²) >= 11 is 10.7. The van der Waals surface area contributed by atoms with Crippen molar-refractivity contribution in [2.75, 3.05) is 5.32 Å². The summed E-state index contributed by atoms with van der Waals surface area (Å²) in [4.78, 5) is 12.2. The first-order valence-electron chi connectivity index (χ1n) is 8.54. The number of furan rings is 1. The molecule has 0 saturated carbocycles. The van der Waals surface area contributed by atoms with Gasteiger partial charge in [0.15, 0.2) is 10.9 Å². The third kappa shape index (κ3) is 5.31. The summed E-state index contributed by atoms with van der Waals surface area (Å²) < 4.78 is 44.4. The van der Waals surface area contributed by atoms with Crippen LogP contribution in [-0.2, 0) is 6.18 Å². The van der Waals surface area contributed by atoms with Crippen LogP contribution < -0.4 is 16.2 Å². The molecule has 30 heavy (non-hydrogen) atoms. The minimum atomic E-state index is -4.61. The topological polar surface area (TPSA) is 66.3 Å². The highest BCUT2D eigenvalue weighted by molar-refractivity contribution is 7.80. The van der Waals surface area contributed by atoms with Crippen LogP contribution in [0.15, 0.2) is 59.0 Å². The fraction of sp³-hybridized carbons (Fsp3) is 0.100. The highest BCUT2D eigenvalue weighted by atomic mass is 35.5. The Morgan fingerprint density at radius 2 is 1.73 bits per heavy atom.